The van der Waals surface area contributed by atoms with E-state index in [0.717, 1.165) is 4.47 Å². The third-order valence-electron chi connectivity index (χ3n) is 4.89. The lowest BCUT2D eigenvalue weighted by Crippen LogP contribution is -2.29. The van der Waals surface area contributed by atoms with Gasteiger partial charge in [0.05, 0.1) is 34.8 Å². The molecule has 0 saturated heterocycles. The molecule has 0 N–H and O–H groups in total. The van der Waals surface area contributed by atoms with E-state index in [9.17, 15) is 9.59 Å². The second-order valence-corrected chi connectivity index (χ2v) is 11.2. The number of nitrogens with zero attached hydrogens (tertiary/aromatic N) is 3. The van der Waals surface area contributed by atoms with Gasteiger partial charge in [-0.05, 0) is 70.0 Å². The molecule has 1 heterocycles. The standard InChI is InChI=1S/C25H26Br3N3O5/c1-6-34-18-10-14(20(27)21(28)22(18)36-13-19(32)35-7-2)12-29-31-23(33)16-11-15(26)8-9-17(16)30-24(31)25(3,4)5/h8-12H,6-7,13H2,1-5H3. The first-order chi connectivity index (χ1) is 17.0. The van der Waals surface area contributed by atoms with Crippen LogP contribution in [0.5, 0.6) is 11.5 Å². The minimum atomic E-state index is -0.488. The Morgan fingerprint density at radius 1 is 1.08 bits per heavy atom. The molecule has 0 unspecified atom stereocenters. The molecule has 0 radical (unpaired) electrons. The maximum atomic E-state index is 13.4. The monoisotopic (exact) mass is 685 g/mol. The third kappa shape index (κ3) is 6.36. The van der Waals surface area contributed by atoms with Crippen LogP contribution < -0.4 is 15.0 Å². The number of fused-ring (bicyclic) bond motifs is 1. The predicted octanol–water partition coefficient (Wildman–Crippen LogP) is 6.20. The van der Waals surface area contributed by atoms with Crippen LogP contribution in [0.25, 0.3) is 10.9 Å². The van der Waals surface area contributed by atoms with Gasteiger partial charge < -0.3 is 14.2 Å². The molecule has 3 rings (SSSR count). The highest BCUT2D eigenvalue weighted by atomic mass is 79.9. The molecule has 0 saturated carbocycles. The second-order valence-electron chi connectivity index (χ2n) is 8.66. The Bertz CT molecular complexity index is 1380. The van der Waals surface area contributed by atoms with Crippen molar-refractivity contribution in [3.05, 3.63) is 59.4 Å². The molecule has 3 aromatic rings. The van der Waals surface area contributed by atoms with E-state index in [1.807, 2.05) is 33.8 Å². The maximum Gasteiger partial charge on any atom is 0.344 e. The maximum absolute atomic E-state index is 13.4. The lowest BCUT2D eigenvalue weighted by molar-refractivity contribution is -0.145. The Balaban J connectivity index is 2.12. The molecule has 0 bridgehead atoms. The Hall–Kier alpha value is -2.24. The number of benzene rings is 2. The van der Waals surface area contributed by atoms with Gasteiger partial charge in [0.15, 0.2) is 18.1 Å². The van der Waals surface area contributed by atoms with Crippen LogP contribution in [0.4, 0.5) is 0 Å². The molecule has 0 aliphatic heterocycles. The number of carbonyl (C=O) groups is 1. The van der Waals surface area contributed by atoms with E-state index in [-0.39, 0.29) is 18.8 Å². The van der Waals surface area contributed by atoms with Crippen molar-refractivity contribution in [2.24, 2.45) is 5.10 Å². The topological polar surface area (TPSA) is 92.0 Å². The van der Waals surface area contributed by atoms with Gasteiger partial charge in [0, 0.05) is 19.9 Å². The highest BCUT2D eigenvalue weighted by Crippen LogP contribution is 2.42. The van der Waals surface area contributed by atoms with Crippen LogP contribution in [-0.4, -0.2) is 41.7 Å². The Morgan fingerprint density at radius 2 is 1.81 bits per heavy atom. The van der Waals surface area contributed by atoms with Crippen molar-refractivity contribution in [3.63, 3.8) is 0 Å². The van der Waals surface area contributed by atoms with Crippen LogP contribution in [0.1, 0.15) is 46.0 Å². The SMILES string of the molecule is CCOC(=O)COc1c(OCC)cc(C=Nn2c(C(C)(C)C)nc3ccc(Br)cc3c2=O)c(Br)c1Br. The Kier molecular flexibility index (Phi) is 9.34. The predicted molar refractivity (Wildman–Crippen MR) is 151 cm³/mol. The molecular formula is C25H26Br3N3O5. The van der Waals surface area contributed by atoms with Gasteiger partial charge in [-0.2, -0.15) is 9.78 Å². The largest absolute Gasteiger partial charge is 0.490 e. The minimum Gasteiger partial charge on any atom is -0.490 e. The van der Waals surface area contributed by atoms with Crippen molar-refractivity contribution < 1.29 is 19.0 Å². The molecule has 0 aliphatic carbocycles. The summed E-state index contributed by atoms with van der Waals surface area (Å²) in [7, 11) is 0. The zero-order valence-corrected chi connectivity index (χ0v) is 25.3. The van der Waals surface area contributed by atoms with Gasteiger partial charge in [0.25, 0.3) is 5.56 Å². The first kappa shape index (κ1) is 28.3. The van der Waals surface area contributed by atoms with E-state index >= 15 is 0 Å². The lowest BCUT2D eigenvalue weighted by atomic mass is 9.95. The number of carbonyl (C=O) groups excluding carboxylic acids is 1. The number of rotatable bonds is 8. The van der Waals surface area contributed by atoms with Crippen LogP contribution in [0.2, 0.25) is 0 Å². The molecule has 0 fully saturated rings. The first-order valence-electron chi connectivity index (χ1n) is 11.2. The average molecular weight is 688 g/mol. The summed E-state index contributed by atoms with van der Waals surface area (Å²) in [5, 5.41) is 4.99. The molecule has 0 atom stereocenters. The van der Waals surface area contributed by atoms with Crippen molar-refractivity contribution in [1.82, 2.24) is 9.66 Å². The van der Waals surface area contributed by atoms with E-state index in [0.29, 0.717) is 49.3 Å². The normalized spacial score (nSPS) is 11.8. The number of hydrogen-bond acceptors (Lipinski definition) is 7. The average Bonchev–Trinajstić information content (AvgIpc) is 2.81. The van der Waals surface area contributed by atoms with E-state index in [2.05, 4.69) is 52.9 Å². The zero-order valence-electron chi connectivity index (χ0n) is 20.5. The summed E-state index contributed by atoms with van der Waals surface area (Å²) in [4.78, 5) is 30.0. The van der Waals surface area contributed by atoms with Crippen molar-refractivity contribution in [1.29, 1.82) is 0 Å². The molecule has 192 valence electrons. The quantitative estimate of drug-likeness (QED) is 0.207. The summed E-state index contributed by atoms with van der Waals surface area (Å²) in [6.45, 7) is 9.85. The van der Waals surface area contributed by atoms with Gasteiger partial charge in [0.1, 0.15) is 5.82 Å². The molecular weight excluding hydrogens is 662 g/mol. The molecule has 0 aliphatic rings. The highest BCUT2D eigenvalue weighted by Gasteiger charge is 2.23. The lowest BCUT2D eigenvalue weighted by Gasteiger charge is -2.21. The molecule has 0 amide bonds. The first-order valence-corrected chi connectivity index (χ1v) is 13.6. The van der Waals surface area contributed by atoms with E-state index in [1.54, 1.807) is 31.3 Å². The summed E-state index contributed by atoms with van der Waals surface area (Å²) in [5.74, 6) is 0.785. The molecule has 8 nitrogen and oxygen atoms in total. The number of ether oxygens (including phenoxy) is 3. The van der Waals surface area contributed by atoms with E-state index < -0.39 is 11.4 Å². The summed E-state index contributed by atoms with van der Waals surface area (Å²) in [5.41, 5.74) is 0.494. The third-order valence-corrected chi connectivity index (χ3v) is 7.52. The molecule has 1 aromatic heterocycles. The van der Waals surface area contributed by atoms with Crippen LogP contribution >= 0.6 is 47.8 Å². The summed E-state index contributed by atoms with van der Waals surface area (Å²) in [6.07, 6.45) is 1.55. The molecule has 36 heavy (non-hydrogen) atoms. The summed E-state index contributed by atoms with van der Waals surface area (Å²) >= 11 is 10.5. The van der Waals surface area contributed by atoms with Gasteiger partial charge in [-0.15, -0.1) is 0 Å². The Labute approximate surface area is 234 Å². The smallest absolute Gasteiger partial charge is 0.344 e. The van der Waals surface area contributed by atoms with E-state index in [4.69, 9.17) is 19.2 Å². The van der Waals surface area contributed by atoms with Crippen LogP contribution in [0.15, 0.2) is 47.6 Å². The number of esters is 1. The number of aromatic nitrogens is 2. The molecule has 0 spiro atoms. The highest BCUT2D eigenvalue weighted by molar-refractivity contribution is 9.13. The van der Waals surface area contributed by atoms with Crippen molar-refractivity contribution in [2.45, 2.75) is 40.0 Å². The van der Waals surface area contributed by atoms with Crippen molar-refractivity contribution in [2.75, 3.05) is 19.8 Å². The second kappa shape index (κ2) is 11.9. The van der Waals surface area contributed by atoms with Gasteiger partial charge in [-0.3, -0.25) is 4.79 Å². The fourth-order valence-corrected chi connectivity index (χ4v) is 4.59. The van der Waals surface area contributed by atoms with Crippen LogP contribution in [0.3, 0.4) is 0 Å². The van der Waals surface area contributed by atoms with Crippen molar-refractivity contribution >= 4 is 70.9 Å². The Morgan fingerprint density at radius 3 is 2.44 bits per heavy atom. The number of hydrogen-bond donors (Lipinski definition) is 0. The number of halogens is 3. The van der Waals surface area contributed by atoms with Gasteiger partial charge >= 0.3 is 5.97 Å². The van der Waals surface area contributed by atoms with Gasteiger partial charge in [0.2, 0.25) is 0 Å². The van der Waals surface area contributed by atoms with Crippen LogP contribution in [-0.2, 0) is 14.9 Å². The fraction of sp³-hybridized carbons (Fsp3) is 0.360. The summed E-state index contributed by atoms with van der Waals surface area (Å²) < 4.78 is 19.6. The molecule has 2 aromatic carbocycles. The molecule has 11 heteroatoms. The minimum absolute atomic E-state index is 0.261. The zero-order chi connectivity index (χ0) is 26.6. The fourth-order valence-electron chi connectivity index (χ4n) is 3.29. The van der Waals surface area contributed by atoms with Gasteiger partial charge in [-0.1, -0.05) is 36.7 Å². The van der Waals surface area contributed by atoms with E-state index in [1.165, 1.54) is 4.68 Å². The van der Waals surface area contributed by atoms with Crippen molar-refractivity contribution in [3.8, 4) is 11.5 Å². The van der Waals surface area contributed by atoms with Gasteiger partial charge in [-0.25, -0.2) is 9.78 Å². The summed E-state index contributed by atoms with van der Waals surface area (Å²) in [6, 6.07) is 7.11. The van der Waals surface area contributed by atoms with Crippen LogP contribution in [0, 0.1) is 0 Å².